The summed E-state index contributed by atoms with van der Waals surface area (Å²) in [7, 11) is 2.17. The van der Waals surface area contributed by atoms with E-state index in [9.17, 15) is 0 Å². The van der Waals surface area contributed by atoms with Crippen LogP contribution in [-0.2, 0) is 4.74 Å². The van der Waals surface area contributed by atoms with Crippen molar-refractivity contribution in [3.63, 3.8) is 0 Å². The Kier molecular flexibility index (Phi) is 1.64. The zero-order valence-electron chi connectivity index (χ0n) is 6.34. The number of nitrogens with zero attached hydrogens (tertiary/aromatic N) is 1. The summed E-state index contributed by atoms with van der Waals surface area (Å²) in [5.74, 6) is 0. The summed E-state index contributed by atoms with van der Waals surface area (Å²) in [4.78, 5) is 2.38. The highest BCUT2D eigenvalue weighted by Gasteiger charge is 2.30. The Morgan fingerprint density at radius 3 is 3.10 bits per heavy atom. The highest BCUT2D eigenvalue weighted by molar-refractivity contribution is 4.84. The molecule has 2 bridgehead atoms. The second-order valence-corrected chi connectivity index (χ2v) is 3.12. The van der Waals surface area contributed by atoms with Gasteiger partial charge in [0, 0.05) is 6.04 Å². The lowest BCUT2D eigenvalue weighted by Gasteiger charge is -2.43. The lowest BCUT2D eigenvalue weighted by molar-refractivity contribution is -0.0677. The number of likely N-dealkylation sites (N-methyl/N-ethyl adjacent to an activating group) is 1. The van der Waals surface area contributed by atoms with E-state index in [0.29, 0.717) is 12.2 Å². The van der Waals surface area contributed by atoms with E-state index in [1.807, 2.05) is 0 Å². The SMILES string of the molecule is CN1C2CCNC1COC2. The van der Waals surface area contributed by atoms with Crippen molar-refractivity contribution < 1.29 is 4.74 Å². The molecule has 3 nitrogen and oxygen atoms in total. The second-order valence-electron chi connectivity index (χ2n) is 3.12. The number of hydrogen-bond acceptors (Lipinski definition) is 3. The quantitative estimate of drug-likeness (QED) is 0.499. The summed E-state index contributed by atoms with van der Waals surface area (Å²) in [6, 6.07) is 0.667. The minimum absolute atomic E-state index is 0.479. The highest BCUT2D eigenvalue weighted by atomic mass is 16.5. The Balaban J connectivity index is 2.05. The Bertz CT molecular complexity index is 107. The Labute approximate surface area is 61.3 Å². The Hall–Kier alpha value is -0.120. The number of rotatable bonds is 0. The van der Waals surface area contributed by atoms with Crippen LogP contribution in [0.1, 0.15) is 6.42 Å². The second kappa shape index (κ2) is 2.49. The molecule has 2 rings (SSSR count). The van der Waals surface area contributed by atoms with E-state index in [1.54, 1.807) is 0 Å². The van der Waals surface area contributed by atoms with Crippen LogP contribution in [0.15, 0.2) is 0 Å². The highest BCUT2D eigenvalue weighted by Crippen LogP contribution is 2.15. The fourth-order valence-corrected chi connectivity index (χ4v) is 1.71. The van der Waals surface area contributed by atoms with E-state index >= 15 is 0 Å². The minimum Gasteiger partial charge on any atom is -0.377 e. The first kappa shape index (κ1) is 6.58. The van der Waals surface area contributed by atoms with Gasteiger partial charge in [-0.15, -0.1) is 0 Å². The van der Waals surface area contributed by atoms with Crippen LogP contribution < -0.4 is 5.32 Å². The lowest BCUT2D eigenvalue weighted by Crippen LogP contribution is -2.61. The molecule has 0 amide bonds. The van der Waals surface area contributed by atoms with Gasteiger partial charge in [0.1, 0.15) is 0 Å². The van der Waals surface area contributed by atoms with Crippen LogP contribution in [0.3, 0.4) is 0 Å². The van der Waals surface area contributed by atoms with E-state index in [0.717, 1.165) is 19.8 Å². The number of fused-ring (bicyclic) bond motifs is 2. The van der Waals surface area contributed by atoms with Crippen molar-refractivity contribution in [3.05, 3.63) is 0 Å². The molecule has 10 heavy (non-hydrogen) atoms. The van der Waals surface area contributed by atoms with Gasteiger partial charge in [0.05, 0.1) is 19.4 Å². The smallest absolute Gasteiger partial charge is 0.0839 e. The van der Waals surface area contributed by atoms with Gasteiger partial charge in [0.2, 0.25) is 0 Å². The number of morpholine rings is 1. The molecule has 0 aromatic heterocycles. The van der Waals surface area contributed by atoms with E-state index in [1.165, 1.54) is 6.42 Å². The summed E-state index contributed by atoms with van der Waals surface area (Å²) in [5.41, 5.74) is 0. The molecule has 0 saturated carbocycles. The maximum absolute atomic E-state index is 5.40. The van der Waals surface area contributed by atoms with Crippen LogP contribution in [0, 0.1) is 0 Å². The third-order valence-electron chi connectivity index (χ3n) is 2.51. The topological polar surface area (TPSA) is 24.5 Å². The monoisotopic (exact) mass is 142 g/mol. The third-order valence-corrected chi connectivity index (χ3v) is 2.51. The van der Waals surface area contributed by atoms with Crippen molar-refractivity contribution in [3.8, 4) is 0 Å². The van der Waals surface area contributed by atoms with Gasteiger partial charge < -0.3 is 4.74 Å². The van der Waals surface area contributed by atoms with E-state index in [4.69, 9.17) is 4.74 Å². The third kappa shape index (κ3) is 0.944. The fraction of sp³-hybridized carbons (Fsp3) is 1.00. The van der Waals surface area contributed by atoms with E-state index in [2.05, 4.69) is 17.3 Å². The van der Waals surface area contributed by atoms with Gasteiger partial charge >= 0.3 is 0 Å². The molecule has 3 heteroatoms. The molecule has 0 aromatic carbocycles. The summed E-state index contributed by atoms with van der Waals surface area (Å²) >= 11 is 0. The summed E-state index contributed by atoms with van der Waals surface area (Å²) in [5, 5.41) is 3.40. The normalized spacial score (nSPS) is 41.7. The van der Waals surface area contributed by atoms with Crippen molar-refractivity contribution in [2.75, 3.05) is 26.8 Å². The molecule has 1 N–H and O–H groups in total. The molecule has 0 spiro atoms. The zero-order chi connectivity index (χ0) is 6.97. The Morgan fingerprint density at radius 1 is 1.50 bits per heavy atom. The Morgan fingerprint density at radius 2 is 2.40 bits per heavy atom. The molecule has 0 aliphatic carbocycles. The van der Waals surface area contributed by atoms with Crippen molar-refractivity contribution >= 4 is 0 Å². The average Bonchev–Trinajstić information content (AvgIpc) is 1.86. The zero-order valence-corrected chi connectivity index (χ0v) is 6.34. The number of hydrogen-bond donors (Lipinski definition) is 1. The number of ether oxygens (including phenoxy) is 1. The molecule has 2 unspecified atom stereocenters. The lowest BCUT2D eigenvalue weighted by atomic mass is 10.1. The van der Waals surface area contributed by atoms with Crippen LogP contribution in [0.4, 0.5) is 0 Å². The first-order valence-corrected chi connectivity index (χ1v) is 3.91. The summed E-state index contributed by atoms with van der Waals surface area (Å²) in [6.45, 7) is 2.94. The van der Waals surface area contributed by atoms with Gasteiger partial charge in [0.25, 0.3) is 0 Å². The largest absolute Gasteiger partial charge is 0.377 e. The van der Waals surface area contributed by atoms with Crippen LogP contribution in [0.5, 0.6) is 0 Å². The van der Waals surface area contributed by atoms with Gasteiger partial charge in [-0.1, -0.05) is 0 Å². The minimum atomic E-state index is 0.479. The maximum Gasteiger partial charge on any atom is 0.0839 e. The molecule has 0 aromatic rings. The van der Waals surface area contributed by atoms with Gasteiger partial charge in [-0.3, -0.25) is 10.2 Å². The molecule has 2 saturated heterocycles. The van der Waals surface area contributed by atoms with Gasteiger partial charge in [0.15, 0.2) is 0 Å². The van der Waals surface area contributed by atoms with Crippen molar-refractivity contribution in [1.82, 2.24) is 10.2 Å². The molecular formula is C7H14N2O. The summed E-state index contributed by atoms with van der Waals surface area (Å²) < 4.78 is 5.40. The summed E-state index contributed by atoms with van der Waals surface area (Å²) in [6.07, 6.45) is 1.71. The fourth-order valence-electron chi connectivity index (χ4n) is 1.71. The predicted octanol–water partition coefficient (Wildman–Crippen LogP) is -0.364. The van der Waals surface area contributed by atoms with Gasteiger partial charge in [-0.2, -0.15) is 0 Å². The van der Waals surface area contributed by atoms with Crippen LogP contribution in [0.25, 0.3) is 0 Å². The molecule has 2 atom stereocenters. The molecular weight excluding hydrogens is 128 g/mol. The molecule has 58 valence electrons. The molecule has 2 fully saturated rings. The van der Waals surface area contributed by atoms with Crippen molar-refractivity contribution in [2.24, 2.45) is 0 Å². The van der Waals surface area contributed by atoms with Crippen molar-refractivity contribution in [1.29, 1.82) is 0 Å². The van der Waals surface area contributed by atoms with Crippen LogP contribution >= 0.6 is 0 Å². The standard InChI is InChI=1S/C7H14N2O/c1-9-6-2-3-8-7(9)5-10-4-6/h6-8H,2-5H2,1H3. The van der Waals surface area contributed by atoms with E-state index < -0.39 is 0 Å². The number of nitrogens with one attached hydrogen (secondary N) is 1. The maximum atomic E-state index is 5.40. The molecule has 0 radical (unpaired) electrons. The molecule has 2 aliphatic heterocycles. The molecule has 2 aliphatic rings. The van der Waals surface area contributed by atoms with Gasteiger partial charge in [-0.25, -0.2) is 0 Å². The van der Waals surface area contributed by atoms with Crippen LogP contribution in [-0.4, -0.2) is 43.9 Å². The van der Waals surface area contributed by atoms with E-state index in [-0.39, 0.29) is 0 Å². The van der Waals surface area contributed by atoms with Gasteiger partial charge in [-0.05, 0) is 20.0 Å². The first-order chi connectivity index (χ1) is 4.88. The predicted molar refractivity (Wildman–Crippen MR) is 38.8 cm³/mol. The first-order valence-electron chi connectivity index (χ1n) is 3.91. The van der Waals surface area contributed by atoms with Crippen LogP contribution in [0.2, 0.25) is 0 Å². The molecule has 2 heterocycles. The average molecular weight is 142 g/mol. The van der Waals surface area contributed by atoms with Crippen molar-refractivity contribution in [2.45, 2.75) is 18.6 Å².